The molecule has 0 amide bonds. The fourth-order valence-corrected chi connectivity index (χ4v) is 3.54. The molecule has 1 atom stereocenters. The van der Waals surface area contributed by atoms with E-state index in [1.807, 2.05) is 0 Å². The summed E-state index contributed by atoms with van der Waals surface area (Å²) in [5.74, 6) is 0. The van der Waals surface area contributed by atoms with Crippen molar-refractivity contribution < 1.29 is 0 Å². The van der Waals surface area contributed by atoms with Crippen LogP contribution in [-0.4, -0.2) is 0 Å². The van der Waals surface area contributed by atoms with Gasteiger partial charge in [0.05, 0.1) is 0 Å². The quantitative estimate of drug-likeness (QED) is 0.249. The molecule has 1 aromatic carbocycles. The van der Waals surface area contributed by atoms with E-state index in [-0.39, 0.29) is 0 Å². The summed E-state index contributed by atoms with van der Waals surface area (Å²) < 4.78 is 0. The molecule has 0 aliphatic carbocycles. The normalized spacial score (nSPS) is 14.0. The number of hydrogen-bond donors (Lipinski definition) is 1. The van der Waals surface area contributed by atoms with Crippen LogP contribution in [0, 0.1) is 13.8 Å². The third kappa shape index (κ3) is 7.72. The zero-order valence-corrected chi connectivity index (χ0v) is 16.2. The van der Waals surface area contributed by atoms with E-state index in [9.17, 15) is 0 Å². The molecule has 0 bridgehead atoms. The predicted octanol–water partition coefficient (Wildman–Crippen LogP) is 6.96. The fourth-order valence-electron chi connectivity index (χ4n) is 3.21. The third-order valence-electron chi connectivity index (χ3n) is 4.95. The number of halogens is 1. The van der Waals surface area contributed by atoms with Gasteiger partial charge in [-0.05, 0) is 37.0 Å². The minimum Gasteiger partial charge on any atom is -0.309 e. The number of hydrogen-bond acceptors (Lipinski definition) is 1. The lowest BCUT2D eigenvalue weighted by molar-refractivity contribution is 0.501. The lowest BCUT2D eigenvalue weighted by atomic mass is 9.93. The molecule has 0 radical (unpaired) electrons. The minimum atomic E-state index is -0.712. The molecule has 1 nitrogen and oxygen atoms in total. The largest absolute Gasteiger partial charge is 0.309 e. The van der Waals surface area contributed by atoms with E-state index >= 15 is 0 Å². The van der Waals surface area contributed by atoms with Crippen molar-refractivity contribution in [2.45, 2.75) is 96.4 Å². The molecule has 2 heteroatoms. The van der Waals surface area contributed by atoms with Crippen LogP contribution in [-0.2, 0) is 5.00 Å². The number of rotatable bonds is 12. The van der Waals surface area contributed by atoms with Crippen molar-refractivity contribution in [3.63, 3.8) is 0 Å². The average molecular weight is 338 g/mol. The number of alkyl halides is 1. The Kier molecular flexibility index (Phi) is 9.90. The predicted molar refractivity (Wildman–Crippen MR) is 104 cm³/mol. The van der Waals surface area contributed by atoms with E-state index in [1.165, 1.54) is 68.9 Å². The van der Waals surface area contributed by atoms with Crippen molar-refractivity contribution in [3.05, 3.63) is 34.9 Å². The van der Waals surface area contributed by atoms with E-state index in [1.54, 1.807) is 0 Å². The van der Waals surface area contributed by atoms with Crippen LogP contribution >= 0.6 is 11.6 Å². The molecule has 0 spiro atoms. The van der Waals surface area contributed by atoms with Crippen LogP contribution in [0.4, 0.5) is 0 Å². The van der Waals surface area contributed by atoms with Crippen molar-refractivity contribution >= 4 is 11.6 Å². The molecule has 0 aromatic heterocycles. The molecule has 0 aliphatic rings. The Balaban J connectivity index is 2.18. The maximum atomic E-state index is 6.63. The zero-order chi connectivity index (χ0) is 17.1. The van der Waals surface area contributed by atoms with E-state index in [0.29, 0.717) is 0 Å². The summed E-state index contributed by atoms with van der Waals surface area (Å²) in [6.07, 6.45) is 14.2. The van der Waals surface area contributed by atoms with E-state index in [2.05, 4.69) is 39.0 Å². The van der Waals surface area contributed by atoms with Gasteiger partial charge in [0, 0.05) is 0 Å². The number of nitrogens with two attached hydrogens (primary N) is 1. The summed E-state index contributed by atoms with van der Waals surface area (Å²) in [4.78, 5) is -0.712. The van der Waals surface area contributed by atoms with Gasteiger partial charge in [0.25, 0.3) is 0 Å². The minimum absolute atomic E-state index is 0.712. The molecule has 1 unspecified atom stereocenters. The summed E-state index contributed by atoms with van der Waals surface area (Å²) in [5.41, 5.74) is 9.97. The highest BCUT2D eigenvalue weighted by atomic mass is 35.5. The highest BCUT2D eigenvalue weighted by Gasteiger charge is 2.25. The molecule has 1 aromatic rings. The monoisotopic (exact) mass is 337 g/mol. The van der Waals surface area contributed by atoms with Crippen molar-refractivity contribution in [3.8, 4) is 0 Å². The van der Waals surface area contributed by atoms with Crippen molar-refractivity contribution in [1.29, 1.82) is 0 Å². The summed E-state index contributed by atoms with van der Waals surface area (Å²) in [6, 6.07) is 6.25. The molecule has 23 heavy (non-hydrogen) atoms. The smallest absolute Gasteiger partial charge is 0.117 e. The number of benzene rings is 1. The fraction of sp³-hybridized carbons (Fsp3) is 0.714. The van der Waals surface area contributed by atoms with Crippen molar-refractivity contribution in [1.82, 2.24) is 0 Å². The van der Waals surface area contributed by atoms with Gasteiger partial charge in [0.15, 0.2) is 0 Å². The second-order valence-electron chi connectivity index (χ2n) is 7.04. The molecule has 0 aliphatic heterocycles. The molecule has 0 saturated carbocycles. The Morgan fingerprint density at radius 2 is 1.39 bits per heavy atom. The van der Waals surface area contributed by atoms with Gasteiger partial charge in [0.2, 0.25) is 0 Å². The topological polar surface area (TPSA) is 26.0 Å². The van der Waals surface area contributed by atoms with Crippen LogP contribution in [0.15, 0.2) is 18.2 Å². The van der Waals surface area contributed by atoms with Crippen molar-refractivity contribution in [2.75, 3.05) is 0 Å². The van der Waals surface area contributed by atoms with Gasteiger partial charge in [-0.3, -0.25) is 0 Å². The molecule has 2 N–H and O–H groups in total. The van der Waals surface area contributed by atoms with Gasteiger partial charge < -0.3 is 5.73 Å². The molecule has 0 heterocycles. The SMILES string of the molecule is CCCCCCCCCCCCC(N)(Cl)c1cccc(C)c1C. The Morgan fingerprint density at radius 3 is 1.96 bits per heavy atom. The molecular formula is C21H36ClN. The Labute approximate surface area is 149 Å². The number of unbranched alkanes of at least 4 members (excludes halogenated alkanes) is 9. The van der Waals surface area contributed by atoms with Crippen LogP contribution < -0.4 is 5.73 Å². The first kappa shape index (κ1) is 20.5. The van der Waals surface area contributed by atoms with Crippen LogP contribution in [0.25, 0.3) is 0 Å². The lowest BCUT2D eigenvalue weighted by Crippen LogP contribution is -2.31. The Hall–Kier alpha value is -0.530. The second kappa shape index (κ2) is 11.1. The van der Waals surface area contributed by atoms with Gasteiger partial charge in [-0.25, -0.2) is 0 Å². The summed E-state index contributed by atoms with van der Waals surface area (Å²) in [5, 5.41) is 0. The van der Waals surface area contributed by atoms with E-state index < -0.39 is 5.00 Å². The van der Waals surface area contributed by atoms with Gasteiger partial charge >= 0.3 is 0 Å². The van der Waals surface area contributed by atoms with E-state index in [4.69, 9.17) is 17.3 Å². The molecule has 1 rings (SSSR count). The number of aryl methyl sites for hydroxylation is 1. The summed E-state index contributed by atoms with van der Waals surface area (Å²) >= 11 is 6.63. The molecule has 132 valence electrons. The van der Waals surface area contributed by atoms with Gasteiger partial charge in [-0.15, -0.1) is 0 Å². The lowest BCUT2D eigenvalue weighted by Gasteiger charge is -2.25. The Bertz CT molecular complexity index is 439. The first-order valence-electron chi connectivity index (χ1n) is 9.53. The van der Waals surface area contributed by atoms with Gasteiger partial charge in [0.1, 0.15) is 5.00 Å². The second-order valence-corrected chi connectivity index (χ2v) is 7.72. The van der Waals surface area contributed by atoms with Crippen LogP contribution in [0.2, 0.25) is 0 Å². The van der Waals surface area contributed by atoms with Gasteiger partial charge in [-0.2, -0.15) is 0 Å². The van der Waals surface area contributed by atoms with Crippen LogP contribution in [0.1, 0.15) is 94.2 Å². The standard InChI is InChI=1S/C21H36ClN/c1-4-5-6-7-8-9-10-11-12-13-17-21(22,23)20-16-14-15-18(2)19(20)3/h14-16H,4-13,17,23H2,1-3H3. The molecular weight excluding hydrogens is 302 g/mol. The average Bonchev–Trinajstić information content (AvgIpc) is 2.51. The van der Waals surface area contributed by atoms with Crippen molar-refractivity contribution in [2.24, 2.45) is 5.73 Å². The maximum absolute atomic E-state index is 6.63. The highest BCUT2D eigenvalue weighted by molar-refractivity contribution is 6.23. The first-order chi connectivity index (χ1) is 11.0. The van der Waals surface area contributed by atoms with Gasteiger partial charge in [-0.1, -0.05) is 101 Å². The molecule has 0 saturated heterocycles. The Morgan fingerprint density at radius 1 is 0.870 bits per heavy atom. The highest BCUT2D eigenvalue weighted by Crippen LogP contribution is 2.32. The summed E-state index contributed by atoms with van der Waals surface area (Å²) in [7, 11) is 0. The van der Waals surface area contributed by atoms with Crippen LogP contribution in [0.3, 0.4) is 0 Å². The summed E-state index contributed by atoms with van der Waals surface area (Å²) in [6.45, 7) is 6.51. The van der Waals surface area contributed by atoms with E-state index in [0.717, 1.165) is 18.4 Å². The third-order valence-corrected chi connectivity index (χ3v) is 5.34. The zero-order valence-electron chi connectivity index (χ0n) is 15.5. The maximum Gasteiger partial charge on any atom is 0.117 e. The van der Waals surface area contributed by atoms with Crippen LogP contribution in [0.5, 0.6) is 0 Å². The first-order valence-corrected chi connectivity index (χ1v) is 9.91. The molecule has 0 fully saturated rings.